The summed E-state index contributed by atoms with van der Waals surface area (Å²) in [5.41, 5.74) is 2.84. The van der Waals surface area contributed by atoms with Crippen molar-refractivity contribution >= 4 is 15.6 Å². The van der Waals surface area contributed by atoms with Gasteiger partial charge in [-0.2, -0.15) is 5.10 Å². The zero-order valence-corrected chi connectivity index (χ0v) is 17.8. The maximum atomic E-state index is 13.2. The monoisotopic (exact) mass is 412 g/mol. The molecule has 1 heterocycles. The van der Waals surface area contributed by atoms with E-state index >= 15 is 0 Å². The maximum Gasteiger partial charge on any atom is 0.223 e. The average Bonchev–Trinajstić information content (AvgIpc) is 3.07. The number of nitrogens with zero attached hydrogens (tertiary/aromatic N) is 2. The molecule has 7 heteroatoms. The van der Waals surface area contributed by atoms with Gasteiger partial charge in [-0.05, 0) is 49.6 Å². The lowest BCUT2D eigenvalue weighted by Gasteiger charge is -2.12. The molecular weight excluding hydrogens is 388 g/mol. The van der Waals surface area contributed by atoms with Crippen molar-refractivity contribution in [3.05, 3.63) is 76.5 Å². The fraction of sp³-hybridized carbons (Fsp3) is 0.273. The van der Waals surface area contributed by atoms with E-state index in [9.17, 15) is 13.2 Å². The van der Waals surface area contributed by atoms with Gasteiger partial charge in [0, 0.05) is 18.4 Å². The van der Waals surface area contributed by atoms with Crippen LogP contribution in [0, 0.1) is 13.8 Å². The summed E-state index contributed by atoms with van der Waals surface area (Å²) in [4.78, 5) is 13.5. The fourth-order valence-corrected chi connectivity index (χ4v) is 4.74. The summed E-state index contributed by atoms with van der Waals surface area (Å²) < 4.78 is 31.6. The van der Waals surface area contributed by atoms with E-state index in [2.05, 4.69) is 5.10 Å². The number of benzene rings is 2. The van der Waals surface area contributed by atoms with Crippen LogP contribution in [-0.2, 0) is 23.0 Å². The second-order valence-electron chi connectivity index (χ2n) is 6.99. The molecule has 3 aromatic rings. The topological polar surface area (TPSA) is 78.3 Å². The summed E-state index contributed by atoms with van der Waals surface area (Å²) in [6.07, 6.45) is 2.67. The number of rotatable bonds is 7. The van der Waals surface area contributed by atoms with Crippen LogP contribution in [0.25, 0.3) is 0 Å². The summed E-state index contributed by atoms with van der Waals surface area (Å²) in [6, 6.07) is 12.9. The molecule has 0 radical (unpaired) electrons. The van der Waals surface area contributed by atoms with Gasteiger partial charge >= 0.3 is 0 Å². The summed E-state index contributed by atoms with van der Waals surface area (Å²) >= 11 is 0. The molecule has 2 aromatic carbocycles. The molecule has 152 valence electrons. The molecule has 0 aliphatic rings. The normalized spacial score (nSPS) is 11.4. The van der Waals surface area contributed by atoms with Crippen LogP contribution in [0.5, 0.6) is 5.88 Å². The molecule has 0 saturated heterocycles. The third kappa shape index (κ3) is 4.40. The van der Waals surface area contributed by atoms with E-state index in [-0.39, 0.29) is 10.7 Å². The lowest BCUT2D eigenvalue weighted by Crippen LogP contribution is -2.10. The van der Waals surface area contributed by atoms with Crippen LogP contribution in [0.15, 0.2) is 53.6 Å². The van der Waals surface area contributed by atoms with E-state index in [1.165, 1.54) is 12.5 Å². The van der Waals surface area contributed by atoms with Crippen molar-refractivity contribution in [3.63, 3.8) is 0 Å². The molecule has 0 bridgehead atoms. The number of carbonyl (C=O) groups is 1. The number of sulfone groups is 1. The molecule has 29 heavy (non-hydrogen) atoms. The van der Waals surface area contributed by atoms with Crippen molar-refractivity contribution in [3.8, 4) is 5.88 Å². The average molecular weight is 413 g/mol. The van der Waals surface area contributed by atoms with Crippen LogP contribution in [0.4, 0.5) is 0 Å². The van der Waals surface area contributed by atoms with Gasteiger partial charge in [0.05, 0.1) is 11.1 Å². The summed E-state index contributed by atoms with van der Waals surface area (Å²) in [6.45, 7) is 6.19. The number of aromatic nitrogens is 2. The fourth-order valence-electron chi connectivity index (χ4n) is 3.46. The highest BCUT2D eigenvalue weighted by molar-refractivity contribution is 7.90. The molecule has 0 N–H and O–H groups in total. The van der Waals surface area contributed by atoms with Gasteiger partial charge in [-0.1, -0.05) is 30.3 Å². The predicted molar refractivity (Wildman–Crippen MR) is 111 cm³/mol. The van der Waals surface area contributed by atoms with Crippen molar-refractivity contribution in [2.75, 3.05) is 6.26 Å². The highest BCUT2D eigenvalue weighted by Crippen LogP contribution is 2.27. The van der Waals surface area contributed by atoms with Crippen molar-refractivity contribution < 1.29 is 17.9 Å². The number of ketones is 1. The SMILES string of the molecule is CCn1ncc(C(=O)c2cc(C)c(S(C)(=O)=O)c(C)c2)c1OCc1ccccc1. The molecule has 0 spiro atoms. The largest absolute Gasteiger partial charge is 0.472 e. The first kappa shape index (κ1) is 20.8. The standard InChI is InChI=1S/C22H24N2O4S/c1-5-24-22(28-14-17-9-7-6-8-10-17)19(13-23-24)20(25)18-11-15(2)21(16(3)12-18)29(4,26)27/h6-13H,5,14H2,1-4H3. The molecule has 6 nitrogen and oxygen atoms in total. The Morgan fingerprint density at radius 1 is 1.10 bits per heavy atom. The lowest BCUT2D eigenvalue weighted by atomic mass is 10.0. The smallest absolute Gasteiger partial charge is 0.223 e. The van der Waals surface area contributed by atoms with Crippen LogP contribution < -0.4 is 4.74 Å². The van der Waals surface area contributed by atoms with E-state index < -0.39 is 9.84 Å². The number of aryl methyl sites for hydroxylation is 3. The third-order valence-corrected chi connectivity index (χ3v) is 6.03. The van der Waals surface area contributed by atoms with E-state index in [0.717, 1.165) is 5.56 Å². The van der Waals surface area contributed by atoms with Crippen LogP contribution >= 0.6 is 0 Å². The molecule has 0 unspecified atom stereocenters. The van der Waals surface area contributed by atoms with E-state index in [4.69, 9.17) is 4.74 Å². The highest BCUT2D eigenvalue weighted by Gasteiger charge is 2.23. The van der Waals surface area contributed by atoms with Crippen LogP contribution in [0.3, 0.4) is 0 Å². The van der Waals surface area contributed by atoms with Crippen LogP contribution in [-0.4, -0.2) is 30.2 Å². The molecule has 0 aliphatic carbocycles. The first-order valence-corrected chi connectivity index (χ1v) is 11.2. The van der Waals surface area contributed by atoms with E-state index in [1.54, 1.807) is 30.7 Å². The molecule has 0 saturated carbocycles. The molecule has 3 rings (SSSR count). The number of ether oxygens (including phenoxy) is 1. The lowest BCUT2D eigenvalue weighted by molar-refractivity contribution is 0.103. The zero-order valence-electron chi connectivity index (χ0n) is 17.0. The molecule has 0 fully saturated rings. The molecule has 1 aromatic heterocycles. The minimum absolute atomic E-state index is 0.251. The van der Waals surface area contributed by atoms with Gasteiger partial charge in [-0.25, -0.2) is 13.1 Å². The quantitative estimate of drug-likeness (QED) is 0.553. The molecule has 0 aliphatic heterocycles. The van der Waals surface area contributed by atoms with E-state index in [0.29, 0.717) is 41.3 Å². The highest BCUT2D eigenvalue weighted by atomic mass is 32.2. The Bertz CT molecular complexity index is 1130. The molecular formula is C22H24N2O4S. The van der Waals surface area contributed by atoms with E-state index in [1.807, 2.05) is 37.3 Å². The Labute approximate surface area is 171 Å². The third-order valence-electron chi connectivity index (χ3n) is 4.65. The Kier molecular flexibility index (Phi) is 5.88. The first-order chi connectivity index (χ1) is 13.7. The Morgan fingerprint density at radius 3 is 2.28 bits per heavy atom. The van der Waals surface area contributed by atoms with Gasteiger partial charge in [0.2, 0.25) is 5.88 Å². The second kappa shape index (κ2) is 8.21. The minimum Gasteiger partial charge on any atom is -0.472 e. The Morgan fingerprint density at radius 2 is 1.72 bits per heavy atom. The van der Waals surface area contributed by atoms with Gasteiger partial charge < -0.3 is 4.74 Å². The zero-order chi connectivity index (χ0) is 21.2. The Hall–Kier alpha value is -2.93. The van der Waals surface area contributed by atoms with Gasteiger partial charge in [0.25, 0.3) is 0 Å². The van der Waals surface area contributed by atoms with Gasteiger partial charge in [0.15, 0.2) is 15.6 Å². The van der Waals surface area contributed by atoms with Crippen molar-refractivity contribution in [2.45, 2.75) is 38.8 Å². The number of carbonyl (C=O) groups excluding carboxylic acids is 1. The van der Waals surface area contributed by atoms with Gasteiger partial charge in [-0.3, -0.25) is 4.79 Å². The van der Waals surface area contributed by atoms with Gasteiger partial charge in [0.1, 0.15) is 12.2 Å². The Balaban J connectivity index is 1.97. The van der Waals surface area contributed by atoms with Crippen molar-refractivity contribution in [1.29, 1.82) is 0 Å². The predicted octanol–water partition coefficient (Wildman–Crippen LogP) is 3.73. The summed E-state index contributed by atoms with van der Waals surface area (Å²) in [5, 5.41) is 4.27. The van der Waals surface area contributed by atoms with Gasteiger partial charge in [-0.15, -0.1) is 0 Å². The minimum atomic E-state index is -3.37. The first-order valence-electron chi connectivity index (χ1n) is 9.31. The number of hydrogen-bond acceptors (Lipinski definition) is 5. The second-order valence-corrected chi connectivity index (χ2v) is 8.95. The van der Waals surface area contributed by atoms with Crippen molar-refractivity contribution in [2.24, 2.45) is 0 Å². The number of hydrogen-bond donors (Lipinski definition) is 0. The maximum absolute atomic E-state index is 13.2. The summed E-state index contributed by atoms with van der Waals surface area (Å²) in [5.74, 6) is 0.155. The molecule has 0 atom stereocenters. The summed E-state index contributed by atoms with van der Waals surface area (Å²) in [7, 11) is -3.37. The van der Waals surface area contributed by atoms with Crippen molar-refractivity contribution in [1.82, 2.24) is 9.78 Å². The van der Waals surface area contributed by atoms with Crippen LogP contribution in [0.1, 0.15) is 39.5 Å². The van der Waals surface area contributed by atoms with Crippen LogP contribution in [0.2, 0.25) is 0 Å². The molecule has 0 amide bonds.